The van der Waals surface area contributed by atoms with Crippen molar-refractivity contribution in [2.24, 2.45) is 0 Å². The van der Waals surface area contributed by atoms with Crippen LogP contribution in [0.4, 0.5) is 5.69 Å². The first kappa shape index (κ1) is 14.9. The lowest BCUT2D eigenvalue weighted by molar-refractivity contribution is -0.384. The molecule has 0 saturated heterocycles. The SMILES string of the molecule is O=[N+]([O-])c1ccc(C=Cc2ccc(S(=O)(=O)O)cc2)cc1. The molecule has 0 saturated carbocycles. The van der Waals surface area contributed by atoms with Gasteiger partial charge in [0.15, 0.2) is 0 Å². The van der Waals surface area contributed by atoms with Gasteiger partial charge in [-0.3, -0.25) is 14.7 Å². The van der Waals surface area contributed by atoms with Crippen molar-refractivity contribution >= 4 is 28.0 Å². The Labute approximate surface area is 121 Å². The molecule has 2 aromatic rings. The first-order valence-electron chi connectivity index (χ1n) is 5.86. The highest BCUT2D eigenvalue weighted by atomic mass is 32.2. The molecule has 6 nitrogen and oxygen atoms in total. The van der Waals surface area contributed by atoms with Gasteiger partial charge in [0.2, 0.25) is 0 Å². The molecule has 21 heavy (non-hydrogen) atoms. The maximum atomic E-state index is 10.9. The van der Waals surface area contributed by atoms with Crippen molar-refractivity contribution in [2.45, 2.75) is 4.90 Å². The number of nitro groups is 1. The minimum Gasteiger partial charge on any atom is -0.282 e. The largest absolute Gasteiger partial charge is 0.294 e. The van der Waals surface area contributed by atoms with Gasteiger partial charge >= 0.3 is 0 Å². The van der Waals surface area contributed by atoms with Gasteiger partial charge in [-0.25, -0.2) is 0 Å². The summed E-state index contributed by atoms with van der Waals surface area (Å²) in [6.45, 7) is 0. The molecule has 2 aromatic carbocycles. The number of rotatable bonds is 4. The van der Waals surface area contributed by atoms with E-state index in [-0.39, 0.29) is 10.6 Å². The second-order valence-corrected chi connectivity index (χ2v) is 5.65. The quantitative estimate of drug-likeness (QED) is 0.405. The molecule has 0 fully saturated rings. The van der Waals surface area contributed by atoms with Crippen LogP contribution < -0.4 is 0 Å². The molecule has 0 spiro atoms. The Morgan fingerprint density at radius 2 is 1.33 bits per heavy atom. The Morgan fingerprint density at radius 1 is 0.905 bits per heavy atom. The summed E-state index contributed by atoms with van der Waals surface area (Å²) < 4.78 is 30.6. The minimum atomic E-state index is -4.19. The van der Waals surface area contributed by atoms with Crippen LogP contribution in [0.15, 0.2) is 53.4 Å². The molecule has 7 heteroatoms. The molecule has 0 aromatic heterocycles. The summed E-state index contributed by atoms with van der Waals surface area (Å²) >= 11 is 0. The van der Waals surface area contributed by atoms with Gasteiger partial charge in [-0.1, -0.05) is 24.3 Å². The summed E-state index contributed by atoms with van der Waals surface area (Å²) in [6.07, 6.45) is 3.47. The minimum absolute atomic E-state index is 0.0182. The van der Waals surface area contributed by atoms with E-state index in [9.17, 15) is 18.5 Å². The number of hydrogen-bond donors (Lipinski definition) is 1. The van der Waals surface area contributed by atoms with Gasteiger partial charge < -0.3 is 0 Å². The molecular formula is C14H11NO5S. The molecule has 0 heterocycles. The van der Waals surface area contributed by atoms with Crippen LogP contribution in [-0.2, 0) is 10.1 Å². The zero-order chi connectivity index (χ0) is 15.5. The van der Waals surface area contributed by atoms with Gasteiger partial charge in [0.1, 0.15) is 0 Å². The lowest BCUT2D eigenvalue weighted by Gasteiger charge is -1.98. The fraction of sp³-hybridized carbons (Fsp3) is 0. The summed E-state index contributed by atoms with van der Waals surface area (Å²) in [5.74, 6) is 0. The number of nitro benzene ring substituents is 1. The van der Waals surface area contributed by atoms with Crippen LogP contribution in [0.3, 0.4) is 0 Å². The van der Waals surface area contributed by atoms with Gasteiger partial charge in [0.25, 0.3) is 15.8 Å². The van der Waals surface area contributed by atoms with Crippen molar-refractivity contribution in [1.82, 2.24) is 0 Å². The molecule has 0 bridgehead atoms. The van der Waals surface area contributed by atoms with E-state index in [0.717, 1.165) is 11.1 Å². The smallest absolute Gasteiger partial charge is 0.282 e. The number of nitrogens with zero attached hydrogens (tertiary/aromatic N) is 1. The third-order valence-corrected chi connectivity index (χ3v) is 3.62. The number of non-ortho nitro benzene ring substituents is 1. The van der Waals surface area contributed by atoms with Crippen molar-refractivity contribution in [3.05, 3.63) is 69.8 Å². The number of benzene rings is 2. The Bertz CT molecular complexity index is 777. The average molecular weight is 305 g/mol. The van der Waals surface area contributed by atoms with E-state index in [4.69, 9.17) is 4.55 Å². The predicted molar refractivity (Wildman–Crippen MR) is 78.3 cm³/mol. The molecule has 2 rings (SSSR count). The van der Waals surface area contributed by atoms with Crippen molar-refractivity contribution in [3.63, 3.8) is 0 Å². The maximum absolute atomic E-state index is 10.9. The third kappa shape index (κ3) is 3.98. The summed E-state index contributed by atoms with van der Waals surface area (Å²) in [6, 6.07) is 11.7. The highest BCUT2D eigenvalue weighted by molar-refractivity contribution is 7.85. The molecule has 0 aliphatic carbocycles. The lowest BCUT2D eigenvalue weighted by Crippen LogP contribution is -1.97. The van der Waals surface area contributed by atoms with Crippen LogP contribution in [0.1, 0.15) is 11.1 Å². The van der Waals surface area contributed by atoms with Gasteiger partial charge in [0, 0.05) is 12.1 Å². The standard InChI is InChI=1S/C14H11NO5S/c16-15(17)13-7-3-11(4-8-13)1-2-12-5-9-14(10-6-12)21(18,19)20/h1-10H,(H,18,19,20). The van der Waals surface area contributed by atoms with Crippen LogP contribution in [-0.4, -0.2) is 17.9 Å². The van der Waals surface area contributed by atoms with Crippen LogP contribution >= 0.6 is 0 Å². The average Bonchev–Trinajstić information content (AvgIpc) is 2.45. The predicted octanol–water partition coefficient (Wildman–Crippen LogP) is 3.01. The van der Waals surface area contributed by atoms with E-state index in [2.05, 4.69) is 0 Å². The highest BCUT2D eigenvalue weighted by Gasteiger charge is 2.07. The van der Waals surface area contributed by atoms with E-state index < -0.39 is 15.0 Å². The zero-order valence-electron chi connectivity index (χ0n) is 10.7. The molecule has 0 aliphatic rings. The van der Waals surface area contributed by atoms with Crippen LogP contribution in [0.2, 0.25) is 0 Å². The lowest BCUT2D eigenvalue weighted by atomic mass is 10.1. The van der Waals surface area contributed by atoms with Crippen molar-refractivity contribution in [1.29, 1.82) is 0 Å². The molecule has 0 radical (unpaired) electrons. The summed E-state index contributed by atoms with van der Waals surface area (Å²) in [5.41, 5.74) is 1.53. The summed E-state index contributed by atoms with van der Waals surface area (Å²) in [4.78, 5) is 9.88. The fourth-order valence-corrected chi connectivity index (χ4v) is 2.13. The zero-order valence-corrected chi connectivity index (χ0v) is 11.5. The monoisotopic (exact) mass is 305 g/mol. The van der Waals surface area contributed by atoms with E-state index >= 15 is 0 Å². The molecule has 1 N–H and O–H groups in total. The molecule has 0 atom stereocenters. The third-order valence-electron chi connectivity index (χ3n) is 2.75. The highest BCUT2D eigenvalue weighted by Crippen LogP contribution is 2.15. The Hall–Kier alpha value is -2.51. The second kappa shape index (κ2) is 5.86. The Morgan fingerprint density at radius 3 is 1.71 bits per heavy atom. The van der Waals surface area contributed by atoms with E-state index in [0.29, 0.717) is 0 Å². The molecule has 0 unspecified atom stereocenters. The maximum Gasteiger partial charge on any atom is 0.294 e. The van der Waals surface area contributed by atoms with Crippen molar-refractivity contribution in [3.8, 4) is 0 Å². The topological polar surface area (TPSA) is 97.5 Å². The first-order valence-corrected chi connectivity index (χ1v) is 7.30. The summed E-state index contributed by atoms with van der Waals surface area (Å²) in [5, 5.41) is 10.5. The van der Waals surface area contributed by atoms with Gasteiger partial charge in [-0.05, 0) is 35.4 Å². The number of hydrogen-bond acceptors (Lipinski definition) is 4. The summed E-state index contributed by atoms with van der Waals surface area (Å²) in [7, 11) is -4.19. The molecule has 0 amide bonds. The van der Waals surface area contributed by atoms with Gasteiger partial charge in [-0.2, -0.15) is 8.42 Å². The Kier molecular flexibility index (Phi) is 4.15. The van der Waals surface area contributed by atoms with E-state index in [1.165, 1.54) is 24.3 Å². The molecule has 0 aliphatic heterocycles. The van der Waals surface area contributed by atoms with Gasteiger partial charge in [0.05, 0.1) is 9.82 Å². The van der Waals surface area contributed by atoms with Crippen LogP contribution in [0.5, 0.6) is 0 Å². The second-order valence-electron chi connectivity index (χ2n) is 4.23. The Balaban J connectivity index is 2.15. The van der Waals surface area contributed by atoms with E-state index in [1.54, 1.807) is 36.4 Å². The van der Waals surface area contributed by atoms with E-state index in [1.807, 2.05) is 0 Å². The van der Waals surface area contributed by atoms with Crippen molar-refractivity contribution in [2.75, 3.05) is 0 Å². The van der Waals surface area contributed by atoms with Crippen LogP contribution in [0.25, 0.3) is 12.2 Å². The van der Waals surface area contributed by atoms with Crippen molar-refractivity contribution < 1.29 is 17.9 Å². The van der Waals surface area contributed by atoms with Gasteiger partial charge in [-0.15, -0.1) is 0 Å². The molecule has 108 valence electrons. The first-order chi connectivity index (χ1) is 9.86. The fourth-order valence-electron chi connectivity index (χ4n) is 1.65. The normalized spacial score (nSPS) is 11.7. The molecular weight excluding hydrogens is 294 g/mol. The van der Waals surface area contributed by atoms with Crippen LogP contribution in [0, 0.1) is 10.1 Å².